The van der Waals surface area contributed by atoms with Crippen LogP contribution < -0.4 is 16.6 Å². The molecule has 29 heavy (non-hydrogen) atoms. The number of alkyl carbamates (subject to hydrolysis) is 1. The van der Waals surface area contributed by atoms with Crippen LogP contribution in [-0.2, 0) is 25.3 Å². The van der Waals surface area contributed by atoms with Crippen molar-refractivity contribution in [1.82, 2.24) is 29.4 Å². The monoisotopic (exact) mass is 400 g/mol. The minimum Gasteiger partial charge on any atom is -0.444 e. The van der Waals surface area contributed by atoms with Gasteiger partial charge in [0.25, 0.3) is 5.56 Å². The maximum Gasteiger partial charge on any atom is 0.408 e. The first-order valence-electron chi connectivity index (χ1n) is 9.11. The highest BCUT2D eigenvalue weighted by molar-refractivity contribution is 5.72. The van der Waals surface area contributed by atoms with Crippen LogP contribution in [0.15, 0.2) is 34.1 Å². The lowest BCUT2D eigenvalue weighted by Gasteiger charge is -2.23. The number of hydrogen-bond donors (Lipinski definition) is 2. The molecule has 0 bridgehead atoms. The predicted octanol–water partition coefficient (Wildman–Crippen LogP) is 1.16. The average molecular weight is 400 g/mol. The smallest absolute Gasteiger partial charge is 0.408 e. The van der Waals surface area contributed by atoms with Gasteiger partial charge >= 0.3 is 11.8 Å². The van der Waals surface area contributed by atoms with Crippen molar-refractivity contribution in [3.8, 4) is 0 Å². The predicted molar refractivity (Wildman–Crippen MR) is 107 cm³/mol. The Morgan fingerprint density at radius 2 is 1.86 bits per heavy atom. The topological polar surface area (TPSA) is 124 Å². The highest BCUT2D eigenvalue weighted by atomic mass is 16.6. The molecule has 0 radical (unpaired) electrons. The van der Waals surface area contributed by atoms with Crippen LogP contribution in [0.2, 0.25) is 0 Å². The van der Waals surface area contributed by atoms with Crippen LogP contribution in [0.25, 0.3) is 11.2 Å². The van der Waals surface area contributed by atoms with E-state index >= 15 is 0 Å². The molecule has 0 aromatic carbocycles. The molecule has 0 saturated carbocycles. The standard InChI is InChI=1S/C19H24N6O4/c1-19(2,3)29-18(28)21-12(10-11-6-8-20-9-7-11)14-22-15-13(24(14)4)16(26)23-17(27)25(15)5/h6-9,12H,10H2,1-5H3,(H,21,28)(H,23,26,27)/t12-/m1/s1. The summed E-state index contributed by atoms with van der Waals surface area (Å²) in [6.45, 7) is 5.32. The molecule has 1 atom stereocenters. The zero-order chi connectivity index (χ0) is 21.3. The number of amides is 1. The van der Waals surface area contributed by atoms with Crippen LogP contribution in [0, 0.1) is 0 Å². The number of nitrogens with zero attached hydrogens (tertiary/aromatic N) is 4. The fraction of sp³-hybridized carbons (Fsp3) is 0.421. The lowest BCUT2D eigenvalue weighted by atomic mass is 10.1. The summed E-state index contributed by atoms with van der Waals surface area (Å²) in [7, 11) is 3.19. The normalized spacial score (nSPS) is 12.7. The van der Waals surface area contributed by atoms with E-state index in [1.165, 1.54) is 11.6 Å². The summed E-state index contributed by atoms with van der Waals surface area (Å²) in [5.41, 5.74) is -0.369. The van der Waals surface area contributed by atoms with E-state index in [1.807, 2.05) is 12.1 Å². The third kappa shape index (κ3) is 4.36. The van der Waals surface area contributed by atoms with E-state index in [2.05, 4.69) is 20.3 Å². The molecular weight excluding hydrogens is 376 g/mol. The summed E-state index contributed by atoms with van der Waals surface area (Å²) < 4.78 is 8.23. The molecule has 0 saturated heterocycles. The summed E-state index contributed by atoms with van der Waals surface area (Å²) in [5.74, 6) is 0.425. The van der Waals surface area contributed by atoms with Crippen molar-refractivity contribution in [3.63, 3.8) is 0 Å². The van der Waals surface area contributed by atoms with Gasteiger partial charge in [0.15, 0.2) is 11.2 Å². The Hall–Kier alpha value is -3.43. The number of fused-ring (bicyclic) bond motifs is 1. The summed E-state index contributed by atoms with van der Waals surface area (Å²) in [6, 6.07) is 3.06. The lowest BCUT2D eigenvalue weighted by molar-refractivity contribution is 0.0500. The number of nitrogens with one attached hydrogen (secondary N) is 2. The molecule has 0 spiro atoms. The number of aromatic nitrogens is 5. The molecule has 3 aromatic rings. The van der Waals surface area contributed by atoms with Crippen LogP contribution in [0.5, 0.6) is 0 Å². The third-order valence-corrected chi connectivity index (χ3v) is 4.36. The summed E-state index contributed by atoms with van der Waals surface area (Å²) >= 11 is 0. The number of imidazole rings is 1. The Morgan fingerprint density at radius 3 is 2.48 bits per heavy atom. The van der Waals surface area contributed by atoms with Crippen molar-refractivity contribution >= 4 is 17.3 Å². The van der Waals surface area contributed by atoms with Crippen molar-refractivity contribution in [3.05, 3.63) is 56.8 Å². The Labute approximate surface area is 166 Å². The minimum atomic E-state index is -0.668. The van der Waals surface area contributed by atoms with E-state index in [-0.39, 0.29) is 11.2 Å². The second-order valence-electron chi connectivity index (χ2n) is 7.78. The Kier molecular flexibility index (Phi) is 5.27. The first-order valence-corrected chi connectivity index (χ1v) is 9.11. The number of pyridine rings is 1. The van der Waals surface area contributed by atoms with Gasteiger partial charge in [-0.2, -0.15) is 0 Å². The Morgan fingerprint density at radius 1 is 1.21 bits per heavy atom. The van der Waals surface area contributed by atoms with Crippen molar-refractivity contribution < 1.29 is 9.53 Å². The van der Waals surface area contributed by atoms with Crippen molar-refractivity contribution in [2.75, 3.05) is 0 Å². The number of hydrogen-bond acceptors (Lipinski definition) is 6. The van der Waals surface area contributed by atoms with E-state index < -0.39 is 29.0 Å². The molecule has 3 heterocycles. The van der Waals surface area contributed by atoms with Gasteiger partial charge in [0.2, 0.25) is 0 Å². The van der Waals surface area contributed by atoms with Gasteiger partial charge in [-0.3, -0.25) is 19.3 Å². The van der Waals surface area contributed by atoms with Gasteiger partial charge in [0, 0.05) is 32.9 Å². The van der Waals surface area contributed by atoms with Crippen LogP contribution in [0.4, 0.5) is 4.79 Å². The van der Waals surface area contributed by atoms with Gasteiger partial charge in [-0.05, 0) is 38.5 Å². The maximum absolute atomic E-state index is 12.4. The summed E-state index contributed by atoms with van der Waals surface area (Å²) in [5, 5.41) is 2.83. The second-order valence-corrected chi connectivity index (χ2v) is 7.78. The second kappa shape index (κ2) is 7.53. The molecule has 1 amide bonds. The number of ether oxygens (including phenoxy) is 1. The van der Waals surface area contributed by atoms with Gasteiger partial charge in [0.1, 0.15) is 11.4 Å². The van der Waals surface area contributed by atoms with Gasteiger partial charge in [-0.1, -0.05) is 0 Å². The highest BCUT2D eigenvalue weighted by Gasteiger charge is 2.26. The first-order chi connectivity index (χ1) is 13.6. The van der Waals surface area contributed by atoms with Crippen molar-refractivity contribution in [2.24, 2.45) is 14.1 Å². The quantitative estimate of drug-likeness (QED) is 0.677. The molecule has 154 valence electrons. The molecule has 0 unspecified atom stereocenters. The van der Waals surface area contributed by atoms with Crippen LogP contribution >= 0.6 is 0 Å². The van der Waals surface area contributed by atoms with E-state index in [0.29, 0.717) is 12.2 Å². The lowest BCUT2D eigenvalue weighted by Crippen LogP contribution is -2.36. The van der Waals surface area contributed by atoms with Gasteiger partial charge < -0.3 is 14.6 Å². The van der Waals surface area contributed by atoms with Crippen LogP contribution in [0.1, 0.15) is 38.2 Å². The Balaban J connectivity index is 2.08. The van der Waals surface area contributed by atoms with Crippen LogP contribution in [0.3, 0.4) is 0 Å². The highest BCUT2D eigenvalue weighted by Crippen LogP contribution is 2.21. The molecule has 0 fully saturated rings. The van der Waals surface area contributed by atoms with Gasteiger partial charge in [-0.15, -0.1) is 0 Å². The van der Waals surface area contributed by atoms with Crippen molar-refractivity contribution in [1.29, 1.82) is 0 Å². The molecule has 3 rings (SSSR count). The fourth-order valence-corrected chi connectivity index (χ4v) is 3.05. The molecule has 10 nitrogen and oxygen atoms in total. The average Bonchev–Trinajstić information content (AvgIpc) is 2.96. The molecule has 0 aliphatic rings. The van der Waals surface area contributed by atoms with Gasteiger partial charge in [0.05, 0.1) is 6.04 Å². The number of carbonyl (C=O) groups is 1. The first kappa shape index (κ1) is 20.3. The minimum absolute atomic E-state index is 0.238. The van der Waals surface area contributed by atoms with E-state index in [1.54, 1.807) is 44.8 Å². The summed E-state index contributed by atoms with van der Waals surface area (Å²) in [6.07, 6.45) is 3.10. The SMILES string of the molecule is Cn1c([C@@H](Cc2ccncc2)NC(=O)OC(C)(C)C)nc2c1c(=O)[nH]c(=O)n2C. The van der Waals surface area contributed by atoms with E-state index in [0.717, 1.165) is 5.56 Å². The molecule has 0 aliphatic heterocycles. The number of aromatic amines is 1. The zero-order valence-corrected chi connectivity index (χ0v) is 17.0. The zero-order valence-electron chi connectivity index (χ0n) is 17.0. The van der Waals surface area contributed by atoms with Crippen LogP contribution in [-0.4, -0.2) is 35.8 Å². The molecule has 3 aromatic heterocycles. The number of aryl methyl sites for hydroxylation is 2. The molecule has 0 aliphatic carbocycles. The Bertz CT molecular complexity index is 1150. The summed E-state index contributed by atoms with van der Waals surface area (Å²) in [4.78, 5) is 47.5. The molecular formula is C19H24N6O4. The number of H-pyrrole nitrogens is 1. The van der Waals surface area contributed by atoms with E-state index in [9.17, 15) is 14.4 Å². The maximum atomic E-state index is 12.4. The van der Waals surface area contributed by atoms with Crippen molar-refractivity contribution in [2.45, 2.75) is 38.8 Å². The fourth-order valence-electron chi connectivity index (χ4n) is 3.05. The largest absolute Gasteiger partial charge is 0.444 e. The third-order valence-electron chi connectivity index (χ3n) is 4.36. The molecule has 10 heteroatoms. The van der Waals surface area contributed by atoms with Gasteiger partial charge in [-0.25, -0.2) is 14.6 Å². The van der Waals surface area contributed by atoms with E-state index in [4.69, 9.17) is 4.74 Å². The number of rotatable bonds is 4. The number of carbonyl (C=O) groups excluding carboxylic acids is 1. The molecule has 2 N–H and O–H groups in total.